The minimum absolute atomic E-state index is 0.0353. The number of thiazole rings is 1. The number of sulfonamides is 1. The van der Waals surface area contributed by atoms with Crippen LogP contribution in [-0.4, -0.2) is 60.4 Å². The fourth-order valence-electron chi connectivity index (χ4n) is 3.51. The summed E-state index contributed by atoms with van der Waals surface area (Å²) in [4.78, 5) is 33.9. The van der Waals surface area contributed by atoms with Gasteiger partial charge in [0.25, 0.3) is 0 Å². The van der Waals surface area contributed by atoms with Crippen molar-refractivity contribution >= 4 is 38.3 Å². The molecule has 2 aliphatic heterocycles. The molecule has 0 saturated carbocycles. The van der Waals surface area contributed by atoms with Gasteiger partial charge < -0.3 is 9.80 Å². The quantitative estimate of drug-likeness (QED) is 0.796. The fraction of sp³-hybridized carbons (Fsp3) is 0.688. The molecule has 2 aliphatic rings. The van der Waals surface area contributed by atoms with E-state index in [9.17, 15) is 18.0 Å². The molecule has 1 aromatic rings. The van der Waals surface area contributed by atoms with E-state index in [0.717, 1.165) is 23.2 Å². The van der Waals surface area contributed by atoms with Crippen molar-refractivity contribution in [2.24, 2.45) is 5.92 Å². The Hall–Kier alpha value is -1.68. The van der Waals surface area contributed by atoms with Crippen LogP contribution in [0.4, 0.5) is 5.13 Å². The van der Waals surface area contributed by atoms with Gasteiger partial charge in [0.1, 0.15) is 6.04 Å². The van der Waals surface area contributed by atoms with E-state index in [-0.39, 0.29) is 17.7 Å². The zero-order chi connectivity index (χ0) is 19.1. The van der Waals surface area contributed by atoms with Gasteiger partial charge in [-0.1, -0.05) is 25.2 Å². The second kappa shape index (κ2) is 7.15. The number of hydrogen-bond donors (Lipinski definition) is 1. The Morgan fingerprint density at radius 2 is 2.00 bits per heavy atom. The highest BCUT2D eigenvalue weighted by atomic mass is 32.2. The van der Waals surface area contributed by atoms with Gasteiger partial charge in [-0.15, -0.1) is 0 Å². The van der Waals surface area contributed by atoms with Crippen LogP contribution >= 0.6 is 11.3 Å². The average Bonchev–Trinajstić information content (AvgIpc) is 3.10. The number of carbonyl (C=O) groups is 2. The first-order valence-electron chi connectivity index (χ1n) is 8.70. The molecule has 1 fully saturated rings. The fourth-order valence-corrected chi connectivity index (χ4v) is 5.37. The Kier molecular flexibility index (Phi) is 5.25. The lowest BCUT2D eigenvalue weighted by Crippen LogP contribution is -2.52. The van der Waals surface area contributed by atoms with E-state index in [1.54, 1.807) is 9.80 Å². The topological polar surface area (TPSA) is 99.7 Å². The maximum atomic E-state index is 13.1. The lowest BCUT2D eigenvalue weighted by Gasteiger charge is -2.36. The molecular formula is C16H24N4O4S2. The highest BCUT2D eigenvalue weighted by Crippen LogP contribution is 2.30. The van der Waals surface area contributed by atoms with Crippen LogP contribution in [0, 0.1) is 5.92 Å². The Bertz CT molecular complexity index is 818. The predicted molar refractivity (Wildman–Crippen MR) is 99.3 cm³/mol. The molecule has 0 aliphatic carbocycles. The molecule has 10 heteroatoms. The molecule has 1 saturated heterocycles. The summed E-state index contributed by atoms with van der Waals surface area (Å²) in [7, 11) is -3.38. The SMILES string of the molecule is CC(C)C(C(=O)N1CCc2nc(NS(C)(=O)=O)sc2C1)N1CCCC1=O. The van der Waals surface area contributed by atoms with Crippen molar-refractivity contribution < 1.29 is 18.0 Å². The molecule has 0 aromatic carbocycles. The highest BCUT2D eigenvalue weighted by Gasteiger charge is 2.38. The van der Waals surface area contributed by atoms with Gasteiger partial charge in [-0.3, -0.25) is 14.3 Å². The van der Waals surface area contributed by atoms with Gasteiger partial charge in [-0.25, -0.2) is 13.4 Å². The van der Waals surface area contributed by atoms with E-state index >= 15 is 0 Å². The average molecular weight is 401 g/mol. The molecule has 1 N–H and O–H groups in total. The Balaban J connectivity index is 1.76. The van der Waals surface area contributed by atoms with Gasteiger partial charge in [0.2, 0.25) is 21.8 Å². The van der Waals surface area contributed by atoms with E-state index < -0.39 is 16.1 Å². The standard InChI is InChI=1S/C16H24N4O4S2/c1-10(2)14(20-7-4-5-13(20)21)15(22)19-8-6-11-12(9-19)25-16(17-11)18-26(3,23)24/h10,14H,4-9H2,1-3H3,(H,17,18). The van der Waals surface area contributed by atoms with E-state index in [1.165, 1.54) is 11.3 Å². The van der Waals surface area contributed by atoms with Crippen molar-refractivity contribution in [3.05, 3.63) is 10.6 Å². The number of anilines is 1. The number of aromatic nitrogens is 1. The van der Waals surface area contributed by atoms with E-state index in [4.69, 9.17) is 0 Å². The number of likely N-dealkylation sites (tertiary alicyclic amines) is 1. The summed E-state index contributed by atoms with van der Waals surface area (Å²) in [5.41, 5.74) is 0.837. The maximum Gasteiger partial charge on any atom is 0.245 e. The first-order valence-corrected chi connectivity index (χ1v) is 11.4. The van der Waals surface area contributed by atoms with Crippen LogP contribution < -0.4 is 4.72 Å². The second-order valence-corrected chi connectivity index (χ2v) is 9.98. The number of hydrogen-bond acceptors (Lipinski definition) is 6. The van der Waals surface area contributed by atoms with E-state index in [2.05, 4.69) is 9.71 Å². The number of carbonyl (C=O) groups excluding carboxylic acids is 2. The molecule has 8 nitrogen and oxygen atoms in total. The van der Waals surface area contributed by atoms with E-state index in [0.29, 0.717) is 37.6 Å². The van der Waals surface area contributed by atoms with Gasteiger partial charge in [0, 0.05) is 30.8 Å². The maximum absolute atomic E-state index is 13.1. The molecule has 0 radical (unpaired) electrons. The van der Waals surface area contributed by atoms with Crippen LogP contribution in [0.3, 0.4) is 0 Å². The number of rotatable bonds is 5. The van der Waals surface area contributed by atoms with Crippen LogP contribution in [0.2, 0.25) is 0 Å². The third kappa shape index (κ3) is 4.01. The molecule has 1 atom stereocenters. The molecule has 3 rings (SSSR count). The van der Waals surface area contributed by atoms with Crippen LogP contribution in [0.1, 0.15) is 37.3 Å². The molecular weight excluding hydrogens is 376 g/mol. The smallest absolute Gasteiger partial charge is 0.245 e. The van der Waals surface area contributed by atoms with Crippen molar-refractivity contribution in [2.45, 2.75) is 45.7 Å². The second-order valence-electron chi connectivity index (χ2n) is 7.15. The summed E-state index contributed by atoms with van der Waals surface area (Å²) in [6.07, 6.45) is 2.98. The van der Waals surface area contributed by atoms with Crippen LogP contribution in [0.5, 0.6) is 0 Å². The number of fused-ring (bicyclic) bond motifs is 1. The van der Waals surface area contributed by atoms with Crippen LogP contribution in [0.25, 0.3) is 0 Å². The lowest BCUT2D eigenvalue weighted by molar-refractivity contribution is -0.146. The third-order valence-corrected chi connectivity index (χ3v) is 6.34. The Morgan fingerprint density at radius 3 is 2.58 bits per heavy atom. The Morgan fingerprint density at radius 1 is 1.27 bits per heavy atom. The van der Waals surface area contributed by atoms with Crippen molar-refractivity contribution in [1.29, 1.82) is 0 Å². The van der Waals surface area contributed by atoms with Crippen molar-refractivity contribution in [2.75, 3.05) is 24.1 Å². The van der Waals surface area contributed by atoms with Gasteiger partial charge in [-0.2, -0.15) is 0 Å². The highest BCUT2D eigenvalue weighted by molar-refractivity contribution is 7.92. The molecule has 1 aromatic heterocycles. The molecule has 26 heavy (non-hydrogen) atoms. The molecule has 0 spiro atoms. The normalized spacial score (nSPS) is 19.0. The molecule has 3 heterocycles. The zero-order valence-corrected chi connectivity index (χ0v) is 16.8. The van der Waals surface area contributed by atoms with Crippen molar-refractivity contribution in [3.8, 4) is 0 Å². The van der Waals surface area contributed by atoms with Crippen molar-refractivity contribution in [3.63, 3.8) is 0 Å². The van der Waals surface area contributed by atoms with Crippen LogP contribution in [-0.2, 0) is 32.6 Å². The minimum Gasteiger partial charge on any atom is -0.335 e. The van der Waals surface area contributed by atoms with Crippen molar-refractivity contribution in [1.82, 2.24) is 14.8 Å². The lowest BCUT2D eigenvalue weighted by atomic mass is 10.00. The number of nitrogens with one attached hydrogen (secondary N) is 1. The predicted octanol–water partition coefficient (Wildman–Crippen LogP) is 1.05. The zero-order valence-electron chi connectivity index (χ0n) is 15.2. The Labute approximate surface area is 157 Å². The first kappa shape index (κ1) is 19.1. The minimum atomic E-state index is -3.38. The van der Waals surface area contributed by atoms with Gasteiger partial charge in [0.15, 0.2) is 5.13 Å². The summed E-state index contributed by atoms with van der Waals surface area (Å²) >= 11 is 1.26. The molecule has 0 bridgehead atoms. The third-order valence-electron chi connectivity index (χ3n) is 4.65. The largest absolute Gasteiger partial charge is 0.335 e. The van der Waals surface area contributed by atoms with Gasteiger partial charge in [0.05, 0.1) is 18.5 Å². The van der Waals surface area contributed by atoms with Crippen LogP contribution in [0.15, 0.2) is 0 Å². The van der Waals surface area contributed by atoms with E-state index in [1.807, 2.05) is 13.8 Å². The summed E-state index contributed by atoms with van der Waals surface area (Å²) in [5, 5.41) is 0.335. The molecule has 2 amide bonds. The first-order chi connectivity index (χ1) is 12.2. The molecule has 1 unspecified atom stereocenters. The summed E-state index contributed by atoms with van der Waals surface area (Å²) in [6.45, 7) is 5.49. The summed E-state index contributed by atoms with van der Waals surface area (Å²) in [6, 6.07) is -0.437. The number of nitrogens with zero attached hydrogens (tertiary/aromatic N) is 3. The van der Waals surface area contributed by atoms with Gasteiger partial charge >= 0.3 is 0 Å². The summed E-state index contributed by atoms with van der Waals surface area (Å²) < 4.78 is 25.2. The number of amides is 2. The van der Waals surface area contributed by atoms with Gasteiger partial charge in [-0.05, 0) is 12.3 Å². The summed E-state index contributed by atoms with van der Waals surface area (Å²) in [5.74, 6) is 0.0500. The monoisotopic (exact) mass is 400 g/mol. The molecule has 144 valence electrons.